The number of hydrogen-bond donors (Lipinski definition) is 1. The molecule has 2 N–H and O–H groups in total. The zero-order valence-corrected chi connectivity index (χ0v) is 12.4. The normalized spacial score (nSPS) is 24.1. The quantitative estimate of drug-likeness (QED) is 0.935. The Morgan fingerprint density at radius 2 is 1.90 bits per heavy atom. The number of fused-ring (bicyclic) bond motifs is 1. The average molecular weight is 287 g/mol. The van der Waals surface area contributed by atoms with Crippen LogP contribution in [0.3, 0.4) is 0 Å². The molecule has 1 saturated carbocycles. The minimum absolute atomic E-state index is 0.323. The van der Waals surface area contributed by atoms with E-state index in [-0.39, 0.29) is 0 Å². The second-order valence-corrected chi connectivity index (χ2v) is 7.27. The van der Waals surface area contributed by atoms with E-state index in [9.17, 15) is 4.21 Å². The summed E-state index contributed by atoms with van der Waals surface area (Å²) in [5.41, 5.74) is 6.08. The largest absolute Gasteiger partial charge is 0.327 e. The van der Waals surface area contributed by atoms with E-state index < -0.39 is 10.8 Å². The van der Waals surface area contributed by atoms with Crippen LogP contribution >= 0.6 is 0 Å². The fourth-order valence-electron chi connectivity index (χ4n) is 3.11. The Morgan fingerprint density at radius 1 is 1.10 bits per heavy atom. The lowest BCUT2D eigenvalue weighted by Crippen LogP contribution is -2.25. The van der Waals surface area contributed by atoms with Crippen molar-refractivity contribution in [3.05, 3.63) is 42.5 Å². The summed E-state index contributed by atoms with van der Waals surface area (Å²) in [5, 5.41) is 2.36. The first-order valence-electron chi connectivity index (χ1n) is 7.37. The third-order valence-corrected chi connectivity index (χ3v) is 5.76. The maximum absolute atomic E-state index is 12.4. The Bertz CT molecular complexity index is 625. The molecule has 0 radical (unpaired) electrons. The van der Waals surface area contributed by atoms with Crippen molar-refractivity contribution in [2.75, 3.05) is 5.75 Å². The maximum Gasteiger partial charge on any atom is 0.0529 e. The summed E-state index contributed by atoms with van der Waals surface area (Å²) in [7, 11) is -0.906. The Balaban J connectivity index is 1.69. The highest BCUT2D eigenvalue weighted by molar-refractivity contribution is 7.85. The molecule has 2 aromatic rings. The minimum Gasteiger partial charge on any atom is -0.327 e. The minimum atomic E-state index is -0.906. The molecule has 2 aromatic carbocycles. The maximum atomic E-state index is 12.4. The molecule has 20 heavy (non-hydrogen) atoms. The van der Waals surface area contributed by atoms with Crippen LogP contribution in [-0.4, -0.2) is 16.0 Å². The number of hydrogen-bond acceptors (Lipinski definition) is 2. The van der Waals surface area contributed by atoms with Gasteiger partial charge in [-0.3, -0.25) is 4.21 Å². The Morgan fingerprint density at radius 3 is 2.65 bits per heavy atom. The molecule has 106 valence electrons. The van der Waals surface area contributed by atoms with Gasteiger partial charge >= 0.3 is 0 Å². The molecule has 1 fully saturated rings. The Labute approximate surface area is 122 Å². The van der Waals surface area contributed by atoms with Crippen LogP contribution in [0.4, 0.5) is 0 Å². The van der Waals surface area contributed by atoms with Crippen LogP contribution < -0.4 is 5.73 Å². The lowest BCUT2D eigenvalue weighted by Gasteiger charge is -2.14. The molecule has 0 amide bonds. The average Bonchev–Trinajstić information content (AvgIpc) is 2.89. The van der Waals surface area contributed by atoms with Gasteiger partial charge in [-0.25, -0.2) is 0 Å². The van der Waals surface area contributed by atoms with E-state index in [0.29, 0.717) is 12.0 Å². The summed E-state index contributed by atoms with van der Waals surface area (Å²) < 4.78 is 12.4. The van der Waals surface area contributed by atoms with E-state index in [0.717, 1.165) is 28.9 Å². The number of rotatable bonds is 4. The topological polar surface area (TPSA) is 43.1 Å². The van der Waals surface area contributed by atoms with Gasteiger partial charge in [-0.15, -0.1) is 0 Å². The molecular formula is C17H21NOS. The predicted molar refractivity (Wildman–Crippen MR) is 85.2 cm³/mol. The summed E-state index contributed by atoms with van der Waals surface area (Å²) in [6.45, 7) is 0. The van der Waals surface area contributed by atoms with Crippen LogP contribution in [0.5, 0.6) is 0 Å². The van der Waals surface area contributed by atoms with Gasteiger partial charge in [0.05, 0.1) is 10.8 Å². The molecular weight excluding hydrogens is 266 g/mol. The number of nitrogens with two attached hydrogens (primary N) is 1. The van der Waals surface area contributed by atoms with Crippen molar-refractivity contribution >= 4 is 21.6 Å². The summed E-state index contributed by atoms with van der Waals surface area (Å²) >= 11 is 0. The van der Waals surface area contributed by atoms with Crippen LogP contribution in [0.1, 0.15) is 25.7 Å². The van der Waals surface area contributed by atoms with Crippen molar-refractivity contribution in [2.45, 2.75) is 36.6 Å². The molecule has 0 saturated heterocycles. The van der Waals surface area contributed by atoms with Crippen LogP contribution in [0, 0.1) is 5.92 Å². The van der Waals surface area contributed by atoms with Gasteiger partial charge in [-0.05, 0) is 48.1 Å². The van der Waals surface area contributed by atoms with Crippen molar-refractivity contribution in [3.8, 4) is 0 Å². The zero-order valence-electron chi connectivity index (χ0n) is 11.6. The van der Waals surface area contributed by atoms with Gasteiger partial charge < -0.3 is 5.73 Å². The molecule has 3 rings (SSSR count). The van der Waals surface area contributed by atoms with E-state index in [1.54, 1.807) is 0 Å². The SMILES string of the molecule is NC1CCCC1CCS(=O)c1ccc2ccccc2c1. The smallest absolute Gasteiger partial charge is 0.0529 e. The second-order valence-electron chi connectivity index (χ2n) is 5.70. The lowest BCUT2D eigenvalue weighted by atomic mass is 10.0. The summed E-state index contributed by atoms with van der Waals surface area (Å²) in [5.74, 6) is 1.30. The van der Waals surface area contributed by atoms with Gasteiger partial charge in [0, 0.05) is 16.7 Å². The first kappa shape index (κ1) is 13.8. The van der Waals surface area contributed by atoms with E-state index >= 15 is 0 Å². The van der Waals surface area contributed by atoms with Crippen molar-refractivity contribution in [1.82, 2.24) is 0 Å². The van der Waals surface area contributed by atoms with Crippen LogP contribution in [0.2, 0.25) is 0 Å². The third kappa shape index (κ3) is 2.94. The molecule has 3 unspecified atom stereocenters. The van der Waals surface area contributed by atoms with E-state index in [4.69, 9.17) is 5.73 Å². The molecule has 2 nitrogen and oxygen atoms in total. The first-order valence-corrected chi connectivity index (χ1v) is 8.69. The molecule has 0 bridgehead atoms. The molecule has 0 heterocycles. The van der Waals surface area contributed by atoms with Gasteiger partial charge in [-0.2, -0.15) is 0 Å². The molecule has 3 heteroatoms. The van der Waals surface area contributed by atoms with Crippen molar-refractivity contribution in [1.29, 1.82) is 0 Å². The van der Waals surface area contributed by atoms with Crippen LogP contribution in [0.15, 0.2) is 47.4 Å². The van der Waals surface area contributed by atoms with Gasteiger partial charge in [0.15, 0.2) is 0 Å². The van der Waals surface area contributed by atoms with Crippen LogP contribution in [-0.2, 0) is 10.8 Å². The predicted octanol–water partition coefficient (Wildman–Crippen LogP) is 3.46. The zero-order chi connectivity index (χ0) is 13.9. The molecule has 1 aliphatic rings. The van der Waals surface area contributed by atoms with Crippen molar-refractivity contribution < 1.29 is 4.21 Å². The van der Waals surface area contributed by atoms with Gasteiger partial charge in [-0.1, -0.05) is 36.8 Å². The number of benzene rings is 2. The molecule has 0 aliphatic heterocycles. The highest BCUT2D eigenvalue weighted by Gasteiger charge is 2.24. The monoisotopic (exact) mass is 287 g/mol. The van der Waals surface area contributed by atoms with E-state index in [1.165, 1.54) is 18.2 Å². The fraction of sp³-hybridized carbons (Fsp3) is 0.412. The summed E-state index contributed by atoms with van der Waals surface area (Å²) in [4.78, 5) is 0.940. The molecule has 3 atom stereocenters. The highest BCUT2D eigenvalue weighted by atomic mass is 32.2. The third-order valence-electron chi connectivity index (χ3n) is 4.38. The molecule has 0 spiro atoms. The summed E-state index contributed by atoms with van der Waals surface area (Å²) in [6, 6.07) is 14.6. The Kier molecular flexibility index (Phi) is 4.18. The summed E-state index contributed by atoms with van der Waals surface area (Å²) in [6.07, 6.45) is 4.55. The molecule has 0 aromatic heterocycles. The standard InChI is InChI=1S/C17H21NOS/c18-17-7-3-6-14(17)10-11-20(19)16-9-8-13-4-1-2-5-15(13)12-16/h1-2,4-5,8-9,12,14,17H,3,6-7,10-11,18H2. The first-order chi connectivity index (χ1) is 9.74. The van der Waals surface area contributed by atoms with E-state index in [1.807, 2.05) is 18.2 Å². The molecule has 1 aliphatic carbocycles. The second kappa shape index (κ2) is 6.06. The van der Waals surface area contributed by atoms with Gasteiger partial charge in [0.1, 0.15) is 0 Å². The van der Waals surface area contributed by atoms with E-state index in [2.05, 4.69) is 24.3 Å². The van der Waals surface area contributed by atoms with Crippen molar-refractivity contribution in [2.24, 2.45) is 11.7 Å². The van der Waals surface area contributed by atoms with Crippen LogP contribution in [0.25, 0.3) is 10.8 Å². The lowest BCUT2D eigenvalue weighted by molar-refractivity contribution is 0.468. The van der Waals surface area contributed by atoms with Gasteiger partial charge in [0.25, 0.3) is 0 Å². The van der Waals surface area contributed by atoms with Gasteiger partial charge in [0.2, 0.25) is 0 Å². The Hall–Kier alpha value is -1.19. The van der Waals surface area contributed by atoms with Crippen molar-refractivity contribution in [3.63, 3.8) is 0 Å². The fourth-order valence-corrected chi connectivity index (χ4v) is 4.34. The highest BCUT2D eigenvalue weighted by Crippen LogP contribution is 2.27.